The minimum Gasteiger partial charge on any atom is -0.126 e. The molecule has 4 rings (SSSR count). The molecule has 0 spiro atoms. The van der Waals surface area contributed by atoms with Gasteiger partial charge in [0, 0.05) is 4.90 Å². The van der Waals surface area contributed by atoms with E-state index in [1.807, 2.05) is 11.8 Å². The average molecular weight is 316 g/mol. The molecule has 0 atom stereocenters. The zero-order valence-electron chi connectivity index (χ0n) is 13.4. The summed E-state index contributed by atoms with van der Waals surface area (Å²) in [5, 5.41) is 8.05. The summed E-state index contributed by atoms with van der Waals surface area (Å²) in [5.74, 6) is 1.21. The van der Waals surface area contributed by atoms with Crippen molar-refractivity contribution in [2.75, 3.05) is 5.75 Å². The number of fused-ring (bicyclic) bond motifs is 5. The summed E-state index contributed by atoms with van der Waals surface area (Å²) in [5.41, 5.74) is 0. The van der Waals surface area contributed by atoms with Crippen molar-refractivity contribution >= 4 is 44.1 Å². The number of hydrogen-bond donors (Lipinski definition) is 0. The van der Waals surface area contributed by atoms with Crippen molar-refractivity contribution in [1.82, 2.24) is 0 Å². The molecule has 0 saturated heterocycles. The molecule has 0 aliphatic carbocycles. The molecule has 0 heterocycles. The number of unbranched alkanes of at least 4 members (excludes halogenated alkanes) is 1. The highest BCUT2D eigenvalue weighted by molar-refractivity contribution is 7.99. The molecule has 0 aliphatic heterocycles. The Morgan fingerprint density at radius 1 is 0.696 bits per heavy atom. The van der Waals surface area contributed by atoms with E-state index < -0.39 is 0 Å². The highest BCUT2D eigenvalue weighted by atomic mass is 32.2. The van der Waals surface area contributed by atoms with Crippen LogP contribution in [0, 0.1) is 0 Å². The molecule has 114 valence electrons. The molecular weight excluding hydrogens is 296 g/mol. The van der Waals surface area contributed by atoms with E-state index in [1.165, 1.54) is 55.8 Å². The van der Waals surface area contributed by atoms with Crippen LogP contribution in [0.4, 0.5) is 0 Å². The summed E-state index contributed by atoms with van der Waals surface area (Å²) < 4.78 is 0. The van der Waals surface area contributed by atoms with Gasteiger partial charge in [-0.2, -0.15) is 0 Å². The predicted octanol–water partition coefficient (Wildman–Crippen LogP) is 7.04. The van der Waals surface area contributed by atoms with Crippen molar-refractivity contribution < 1.29 is 0 Å². The number of rotatable bonds is 4. The Hall–Kier alpha value is -1.99. The summed E-state index contributed by atoms with van der Waals surface area (Å²) >= 11 is 1.97. The van der Waals surface area contributed by atoms with Gasteiger partial charge in [0.1, 0.15) is 0 Å². The van der Waals surface area contributed by atoms with E-state index in [0.717, 1.165) is 0 Å². The summed E-state index contributed by atoms with van der Waals surface area (Å²) in [6.45, 7) is 2.25. The Bertz CT molecular complexity index is 985. The molecule has 0 radical (unpaired) electrons. The Kier molecular flexibility index (Phi) is 3.97. The normalized spacial score (nSPS) is 11.5. The van der Waals surface area contributed by atoms with Gasteiger partial charge in [-0.25, -0.2) is 0 Å². The monoisotopic (exact) mass is 316 g/mol. The van der Waals surface area contributed by atoms with Crippen molar-refractivity contribution in [2.45, 2.75) is 24.7 Å². The van der Waals surface area contributed by atoms with Crippen LogP contribution in [-0.2, 0) is 0 Å². The molecule has 0 nitrogen and oxygen atoms in total. The van der Waals surface area contributed by atoms with Crippen molar-refractivity contribution in [3.8, 4) is 0 Å². The standard InChI is InChI=1S/C22H20S/c1-2-3-14-23-18-10-13-20-17(15-18)9-12-21-19-7-5-4-6-16(19)8-11-22(20)21/h4-13,15H,2-3,14H2,1H3. The Balaban J connectivity index is 1.86. The molecule has 0 amide bonds. The minimum absolute atomic E-state index is 1.21. The van der Waals surface area contributed by atoms with Crippen molar-refractivity contribution in [2.24, 2.45) is 0 Å². The van der Waals surface area contributed by atoms with Gasteiger partial charge in [0.15, 0.2) is 0 Å². The van der Waals surface area contributed by atoms with Crippen molar-refractivity contribution in [3.63, 3.8) is 0 Å². The number of benzene rings is 4. The predicted molar refractivity (Wildman–Crippen MR) is 105 cm³/mol. The Labute approximate surface area is 141 Å². The van der Waals surface area contributed by atoms with Gasteiger partial charge in [-0.15, -0.1) is 11.8 Å². The number of hydrogen-bond acceptors (Lipinski definition) is 1. The largest absolute Gasteiger partial charge is 0.126 e. The zero-order chi connectivity index (χ0) is 15.6. The van der Waals surface area contributed by atoms with Crippen LogP contribution in [0.3, 0.4) is 0 Å². The van der Waals surface area contributed by atoms with Crippen molar-refractivity contribution in [3.05, 3.63) is 66.7 Å². The third-order valence-corrected chi connectivity index (χ3v) is 5.56. The molecule has 4 aromatic carbocycles. The lowest BCUT2D eigenvalue weighted by atomic mass is 9.97. The van der Waals surface area contributed by atoms with Gasteiger partial charge in [-0.05, 0) is 56.6 Å². The fourth-order valence-corrected chi connectivity index (χ4v) is 4.27. The first-order chi connectivity index (χ1) is 11.4. The molecular formula is C22H20S. The zero-order valence-corrected chi connectivity index (χ0v) is 14.2. The Morgan fingerprint density at radius 2 is 1.39 bits per heavy atom. The lowest BCUT2D eigenvalue weighted by molar-refractivity contribution is 0.896. The van der Waals surface area contributed by atoms with E-state index in [-0.39, 0.29) is 0 Å². The third-order valence-electron chi connectivity index (χ3n) is 4.48. The topological polar surface area (TPSA) is 0 Å². The lowest BCUT2D eigenvalue weighted by Crippen LogP contribution is -1.82. The molecule has 0 fully saturated rings. The smallest absolute Gasteiger partial charge is 0.00783 e. The minimum atomic E-state index is 1.21. The van der Waals surface area contributed by atoms with E-state index in [2.05, 4.69) is 73.7 Å². The van der Waals surface area contributed by atoms with Gasteiger partial charge in [-0.1, -0.05) is 67.9 Å². The first-order valence-corrected chi connectivity index (χ1v) is 9.32. The summed E-state index contributed by atoms with van der Waals surface area (Å²) in [6, 6.07) is 24.6. The fraction of sp³-hybridized carbons (Fsp3) is 0.182. The second-order valence-electron chi connectivity index (χ2n) is 6.03. The van der Waals surface area contributed by atoms with Gasteiger partial charge >= 0.3 is 0 Å². The molecule has 1 heteroatoms. The summed E-state index contributed by atoms with van der Waals surface area (Å²) in [4.78, 5) is 1.38. The maximum absolute atomic E-state index is 2.34. The quantitative estimate of drug-likeness (QED) is 0.221. The van der Waals surface area contributed by atoms with Gasteiger partial charge in [0.05, 0.1) is 0 Å². The molecule has 0 aliphatic rings. The van der Waals surface area contributed by atoms with Gasteiger partial charge < -0.3 is 0 Å². The van der Waals surface area contributed by atoms with Gasteiger partial charge in [-0.3, -0.25) is 0 Å². The maximum Gasteiger partial charge on any atom is 0.00783 e. The second-order valence-corrected chi connectivity index (χ2v) is 7.20. The van der Waals surface area contributed by atoms with Crippen LogP contribution in [0.2, 0.25) is 0 Å². The molecule has 4 aromatic rings. The molecule has 0 N–H and O–H groups in total. The first kappa shape index (κ1) is 14.6. The third kappa shape index (κ3) is 2.70. The fourth-order valence-electron chi connectivity index (χ4n) is 3.23. The second kappa shape index (κ2) is 6.25. The van der Waals surface area contributed by atoms with E-state index in [1.54, 1.807) is 0 Å². The Morgan fingerprint density at radius 3 is 2.22 bits per heavy atom. The van der Waals surface area contributed by atoms with Crippen LogP contribution >= 0.6 is 11.8 Å². The number of thioether (sulfide) groups is 1. The van der Waals surface area contributed by atoms with E-state index in [4.69, 9.17) is 0 Å². The maximum atomic E-state index is 2.34. The molecule has 0 saturated carbocycles. The highest BCUT2D eigenvalue weighted by Gasteiger charge is 2.05. The van der Waals surface area contributed by atoms with Crippen LogP contribution in [0.5, 0.6) is 0 Å². The summed E-state index contributed by atoms with van der Waals surface area (Å²) in [7, 11) is 0. The van der Waals surface area contributed by atoms with Crippen LogP contribution in [0.25, 0.3) is 32.3 Å². The molecule has 23 heavy (non-hydrogen) atoms. The van der Waals surface area contributed by atoms with Crippen LogP contribution in [0.15, 0.2) is 71.6 Å². The first-order valence-electron chi connectivity index (χ1n) is 8.34. The van der Waals surface area contributed by atoms with Crippen LogP contribution < -0.4 is 0 Å². The molecule has 0 aromatic heterocycles. The lowest BCUT2D eigenvalue weighted by Gasteiger charge is -2.09. The van der Waals surface area contributed by atoms with E-state index >= 15 is 0 Å². The average Bonchev–Trinajstić information content (AvgIpc) is 2.61. The van der Waals surface area contributed by atoms with Crippen LogP contribution in [-0.4, -0.2) is 5.75 Å². The van der Waals surface area contributed by atoms with Crippen LogP contribution in [0.1, 0.15) is 19.8 Å². The van der Waals surface area contributed by atoms with Crippen molar-refractivity contribution in [1.29, 1.82) is 0 Å². The summed E-state index contributed by atoms with van der Waals surface area (Å²) in [6.07, 6.45) is 2.55. The van der Waals surface area contributed by atoms with Gasteiger partial charge in [0.25, 0.3) is 0 Å². The van der Waals surface area contributed by atoms with E-state index in [0.29, 0.717) is 0 Å². The highest BCUT2D eigenvalue weighted by Crippen LogP contribution is 2.33. The van der Waals surface area contributed by atoms with Gasteiger partial charge in [0.2, 0.25) is 0 Å². The molecule has 0 bridgehead atoms. The van der Waals surface area contributed by atoms with E-state index in [9.17, 15) is 0 Å². The molecule has 0 unspecified atom stereocenters. The SMILES string of the molecule is CCCCSc1ccc2c(ccc3c4ccccc4ccc23)c1.